The molecule has 0 unspecified atom stereocenters. The van der Waals surface area contributed by atoms with E-state index in [4.69, 9.17) is 0 Å². The summed E-state index contributed by atoms with van der Waals surface area (Å²) in [7, 11) is 0. The molecule has 0 aliphatic rings. The van der Waals surface area contributed by atoms with Crippen LogP contribution < -0.4 is 0 Å². The van der Waals surface area contributed by atoms with E-state index in [0.717, 1.165) is 0 Å². The first-order valence-corrected chi connectivity index (χ1v) is 0. The molecule has 0 aromatic carbocycles. The van der Waals surface area contributed by atoms with Crippen molar-refractivity contribution < 1.29 is 60.0 Å². The van der Waals surface area contributed by atoms with Crippen LogP contribution in [0.25, 0.3) is 0 Å². The van der Waals surface area contributed by atoms with Crippen molar-refractivity contribution >= 4 is 17.1 Å². The van der Waals surface area contributed by atoms with Crippen molar-refractivity contribution in [2.24, 2.45) is 0 Å². The Kier molecular flexibility index (Phi) is 440. The summed E-state index contributed by atoms with van der Waals surface area (Å²) in [5, 5.41) is 0. The maximum Gasteiger partial charge on any atom is 4.00 e. The third-order valence-electron chi connectivity index (χ3n) is 0. The Morgan fingerprint density at radius 3 is 0.800 bits per heavy atom. The van der Waals surface area contributed by atoms with Gasteiger partial charge in [0.2, 0.25) is 0 Å². The third kappa shape index (κ3) is 23.4. The summed E-state index contributed by atoms with van der Waals surface area (Å²) in [5.41, 5.74) is 0. The van der Waals surface area contributed by atoms with Crippen LogP contribution in [0.1, 0.15) is 0 Å². The van der Waals surface area contributed by atoms with Crippen LogP contribution in [0.4, 0.5) is 0 Å². The van der Waals surface area contributed by atoms with Crippen LogP contribution in [0, 0.1) is 0 Å². The first-order chi connectivity index (χ1) is 0. The van der Waals surface area contributed by atoms with Gasteiger partial charge in [0.05, 0.1) is 0 Å². The molecule has 0 radical (unpaired) electrons. The quantitative estimate of drug-likeness (QED) is 0.527. The SMILES string of the molecule is [Cd+2].[O-2].[O-2].[Se-2].[Ti+4]. The molecule has 0 fully saturated rings. The smallest absolute Gasteiger partial charge is 2.00 e. The number of hydrogen-bond acceptors (Lipinski definition) is 0. The number of rotatable bonds is 0. The average molecular weight is 271 g/mol. The Bertz CT molecular complexity index is 9.61. The van der Waals surface area contributed by atoms with Crippen LogP contribution in [0.2, 0.25) is 0 Å². The van der Waals surface area contributed by atoms with Gasteiger partial charge in [0.25, 0.3) is 0 Å². The molecule has 0 spiro atoms. The zero-order chi connectivity index (χ0) is 0. The molecule has 2 nitrogen and oxygen atoms in total. The van der Waals surface area contributed by atoms with Crippen molar-refractivity contribution in [3.8, 4) is 0 Å². The Balaban J connectivity index is 0. The molecule has 5 heavy (non-hydrogen) atoms. The van der Waals surface area contributed by atoms with Crippen molar-refractivity contribution in [1.29, 1.82) is 0 Å². The summed E-state index contributed by atoms with van der Waals surface area (Å²) in [6, 6.07) is 0. The molecule has 0 N–H and O–H groups in total. The molecule has 5 heteroatoms. The van der Waals surface area contributed by atoms with E-state index in [0.29, 0.717) is 0 Å². The molecule has 0 aromatic heterocycles. The van der Waals surface area contributed by atoms with E-state index in [1.54, 1.807) is 0 Å². The second-order valence-corrected chi connectivity index (χ2v) is 0. The molecule has 0 aliphatic heterocycles. The monoisotopic (exact) mass is 274 g/mol. The van der Waals surface area contributed by atoms with Gasteiger partial charge in [-0.1, -0.05) is 0 Å². The van der Waals surface area contributed by atoms with Gasteiger partial charge in [-0.2, -0.15) is 0 Å². The minimum absolute atomic E-state index is 0. The van der Waals surface area contributed by atoms with Crippen LogP contribution in [0.3, 0.4) is 0 Å². The second kappa shape index (κ2) is 36.3. The van der Waals surface area contributed by atoms with Gasteiger partial charge < -0.3 is 28.0 Å². The normalized spacial score (nSPS) is 0. The topological polar surface area (TPSA) is 57.0 Å². The van der Waals surface area contributed by atoms with Gasteiger partial charge in [-0.15, -0.1) is 0 Å². The van der Waals surface area contributed by atoms with Crippen LogP contribution in [0.5, 0.6) is 0 Å². The summed E-state index contributed by atoms with van der Waals surface area (Å²) in [4.78, 5) is 0. The summed E-state index contributed by atoms with van der Waals surface area (Å²) < 4.78 is 0. The Morgan fingerprint density at radius 1 is 0.800 bits per heavy atom. The van der Waals surface area contributed by atoms with Gasteiger partial charge >= 0.3 is 49.0 Å². The predicted octanol–water partition coefficient (Wildman–Crippen LogP) is -0.623. The van der Waals surface area contributed by atoms with E-state index in [2.05, 4.69) is 0 Å². The molecule has 0 rings (SSSR count). The third-order valence-corrected chi connectivity index (χ3v) is 0. The van der Waals surface area contributed by atoms with Gasteiger partial charge in [0.1, 0.15) is 0 Å². The fraction of sp³-hybridized carbons (Fsp3) is 0. The second-order valence-electron chi connectivity index (χ2n) is 0. The molecule has 0 aromatic rings. The van der Waals surface area contributed by atoms with E-state index in [-0.39, 0.29) is 77.0 Å². The molecule has 0 bridgehead atoms. The Hall–Kier alpha value is 2.08. The van der Waals surface area contributed by atoms with Gasteiger partial charge in [0.15, 0.2) is 0 Å². The molecule has 0 atom stereocenters. The van der Waals surface area contributed by atoms with Crippen LogP contribution in [0.15, 0.2) is 0 Å². The zero-order valence-corrected chi connectivity index (χ0v) is 9.74. The number of hydrogen-bond donors (Lipinski definition) is 0. The molecular formula is CdO2SeTi. The minimum atomic E-state index is 0. The molecule has 0 amide bonds. The standard InChI is InChI=1S/Cd.2O.Se.Ti/q+2;3*-2;+4. The first kappa shape index (κ1) is 60.6. The van der Waals surface area contributed by atoms with Gasteiger partial charge in [0, 0.05) is 0 Å². The van der Waals surface area contributed by atoms with Gasteiger partial charge in [-0.05, 0) is 0 Å². The maximum atomic E-state index is 0. The summed E-state index contributed by atoms with van der Waals surface area (Å²) in [6.07, 6.45) is 0. The summed E-state index contributed by atoms with van der Waals surface area (Å²) in [6.45, 7) is 0. The summed E-state index contributed by atoms with van der Waals surface area (Å²) >= 11 is 0. The van der Waals surface area contributed by atoms with E-state index in [9.17, 15) is 0 Å². The fourth-order valence-electron chi connectivity index (χ4n) is 0. The van der Waals surface area contributed by atoms with E-state index >= 15 is 0 Å². The summed E-state index contributed by atoms with van der Waals surface area (Å²) in [5.74, 6) is 0. The Morgan fingerprint density at radius 2 is 0.800 bits per heavy atom. The van der Waals surface area contributed by atoms with Crippen molar-refractivity contribution in [2.45, 2.75) is 0 Å². The molecule has 24 valence electrons. The van der Waals surface area contributed by atoms with E-state index in [1.165, 1.54) is 0 Å². The van der Waals surface area contributed by atoms with Crippen molar-refractivity contribution in [2.75, 3.05) is 0 Å². The van der Waals surface area contributed by atoms with E-state index in [1.807, 2.05) is 0 Å². The largest absolute Gasteiger partial charge is 4.00 e. The molecule has 0 saturated carbocycles. The maximum absolute atomic E-state index is 0. The molecule has 0 aliphatic carbocycles. The van der Waals surface area contributed by atoms with Crippen LogP contribution in [-0.2, 0) is 60.0 Å². The van der Waals surface area contributed by atoms with Gasteiger partial charge in [-0.3, -0.25) is 0 Å². The molecule has 0 heterocycles. The fourth-order valence-corrected chi connectivity index (χ4v) is 0. The Labute approximate surface area is 76.2 Å². The van der Waals surface area contributed by atoms with Gasteiger partial charge in [-0.25, -0.2) is 0 Å². The average Bonchev–Trinajstić information content (AvgIpc) is 0. The van der Waals surface area contributed by atoms with Crippen molar-refractivity contribution in [1.82, 2.24) is 0 Å². The van der Waals surface area contributed by atoms with Crippen molar-refractivity contribution in [3.05, 3.63) is 0 Å². The van der Waals surface area contributed by atoms with Crippen molar-refractivity contribution in [3.63, 3.8) is 0 Å². The molecular weight excluding hydrogens is 271 g/mol. The van der Waals surface area contributed by atoms with E-state index < -0.39 is 0 Å². The zero-order valence-electron chi connectivity index (χ0n) is 2.43. The first-order valence-electron chi connectivity index (χ1n) is 0. The molecule has 0 saturated heterocycles. The van der Waals surface area contributed by atoms with Crippen LogP contribution in [-0.4, -0.2) is 17.1 Å². The predicted molar refractivity (Wildman–Crippen MR) is 7.13 cm³/mol. The minimum Gasteiger partial charge on any atom is -2.00 e. The van der Waals surface area contributed by atoms with Crippen LogP contribution >= 0.6 is 0 Å².